The van der Waals surface area contributed by atoms with Gasteiger partial charge in [0.15, 0.2) is 5.78 Å². The number of carbonyl (C=O) groups is 11. The van der Waals surface area contributed by atoms with Gasteiger partial charge in [-0.05, 0) is 189 Å². The van der Waals surface area contributed by atoms with Crippen LogP contribution >= 0.6 is 15.9 Å². The van der Waals surface area contributed by atoms with Gasteiger partial charge >= 0.3 is 18.1 Å². The molecule has 3 aliphatic heterocycles. The van der Waals surface area contributed by atoms with Crippen LogP contribution in [-0.4, -0.2) is 135 Å². The van der Waals surface area contributed by atoms with E-state index < -0.39 is 40.1 Å². The molecule has 0 spiro atoms. The van der Waals surface area contributed by atoms with Gasteiger partial charge in [0.25, 0.3) is 17.7 Å². The number of aryl methyl sites for hydroxylation is 6. The van der Waals surface area contributed by atoms with Crippen molar-refractivity contribution in [2.75, 3.05) is 14.7 Å². The first-order valence-corrected chi connectivity index (χ1v) is 42.4. The van der Waals surface area contributed by atoms with Gasteiger partial charge in [-0.1, -0.05) is 69.2 Å². The number of Topliss-reactive ketones (excluding diaryl/α,β-unsaturated/α-hetero) is 5. The Labute approximate surface area is 681 Å². The Morgan fingerprint density at radius 2 is 0.670 bits per heavy atom. The summed E-state index contributed by atoms with van der Waals surface area (Å²) in [4.78, 5) is 140. The monoisotopic (exact) mass is 1640 g/mol. The standard InChI is InChI=1S/C20H26N4O4.2C19H26N4O3.C14H19BrN2O.C14H20N2O/c1-10-13-7-6-12-15(20(13,4)8-11(9-25)14(10)26)22-23(5)16(12)24-17(27)19(2,3)21-18(24)28;2*1-10-12-7-6-11-14(19(12,4)9-8-13(10)24)21-22(5)15(11)23-16(25)18(2,3)20-17(23)26;1-8-10-5-4-9-12(16-17(3)13(9)15)14(10,2)7-6-11(8)18;1-9-11-5-4-10-8-16(3)15-13(10)14(11,2)7-6-12(9)17/h9-10,13,25H,6-8H2,1-5H3,(H,21,28);2*10,12H,6-9H2,1-5H3,(H,20,26);8,10H,4-7H2,1-3H3;8-9,11H,4-7H2,1-3H3/b11-9-;;;;/t10-,13-,20-;2*10-,12-,19-;8-,10-,14-;9-,11-,14-/m00000/s1. The van der Waals surface area contributed by atoms with E-state index in [1.807, 2.05) is 44.2 Å². The summed E-state index contributed by atoms with van der Waals surface area (Å²) in [5.41, 5.74) is 7.80. The number of halogens is 1. The van der Waals surface area contributed by atoms with Gasteiger partial charge in [-0.15, -0.1) is 0 Å². The van der Waals surface area contributed by atoms with Gasteiger partial charge in [0.05, 0.1) is 34.7 Å². The summed E-state index contributed by atoms with van der Waals surface area (Å²) < 4.78 is 9.90. The van der Waals surface area contributed by atoms with Crippen molar-refractivity contribution in [2.24, 2.45) is 94.4 Å². The van der Waals surface area contributed by atoms with E-state index in [2.05, 4.69) is 91.6 Å². The van der Waals surface area contributed by atoms with Crippen LogP contribution in [-0.2, 0) is 133 Å². The molecule has 8 fully saturated rings. The number of nitrogens with zero attached hydrogens (tertiary/aromatic N) is 13. The topological polar surface area (TPSA) is 343 Å². The highest BCUT2D eigenvalue weighted by molar-refractivity contribution is 9.10. The minimum absolute atomic E-state index is 0.0135. The fourth-order valence-electron chi connectivity index (χ4n) is 23.7. The van der Waals surface area contributed by atoms with E-state index in [4.69, 9.17) is 20.4 Å². The minimum Gasteiger partial charge on any atom is -0.515 e. The highest BCUT2D eigenvalue weighted by Gasteiger charge is 2.59. The smallest absolute Gasteiger partial charge is 0.330 e. The van der Waals surface area contributed by atoms with Crippen LogP contribution in [0.4, 0.5) is 31.8 Å². The van der Waals surface area contributed by atoms with Crippen molar-refractivity contribution in [1.29, 1.82) is 0 Å². The molecule has 18 rings (SSSR count). The number of rotatable bonds is 3. The average molecular weight is 1650 g/mol. The molecule has 0 radical (unpaired) electrons. The molecule has 0 unspecified atom stereocenters. The zero-order valence-corrected chi connectivity index (χ0v) is 72.6. The Bertz CT molecular complexity index is 4890. The molecule has 8 heterocycles. The molecule has 620 valence electrons. The molecule has 9 amide bonds. The van der Waals surface area contributed by atoms with Crippen LogP contribution in [0.5, 0.6) is 0 Å². The molecule has 5 aromatic rings. The van der Waals surface area contributed by atoms with Crippen LogP contribution < -0.4 is 30.7 Å². The molecule has 29 heteroatoms. The van der Waals surface area contributed by atoms with Crippen molar-refractivity contribution in [1.82, 2.24) is 64.9 Å². The van der Waals surface area contributed by atoms with Crippen molar-refractivity contribution in [3.8, 4) is 0 Å². The van der Waals surface area contributed by atoms with E-state index in [1.54, 1.807) is 76.7 Å². The van der Waals surface area contributed by atoms with Gasteiger partial charge in [0.1, 0.15) is 61.8 Å². The van der Waals surface area contributed by atoms with E-state index in [-0.39, 0.29) is 92.5 Å². The van der Waals surface area contributed by atoms with E-state index in [9.17, 15) is 57.8 Å². The van der Waals surface area contributed by atoms with E-state index in [0.29, 0.717) is 90.1 Å². The zero-order valence-electron chi connectivity index (χ0n) is 71.0. The molecule has 4 N–H and O–H groups in total. The van der Waals surface area contributed by atoms with E-state index in [1.165, 1.54) is 37.2 Å². The molecule has 10 aliphatic carbocycles. The normalized spacial score (nSPS) is 33.9. The summed E-state index contributed by atoms with van der Waals surface area (Å²) in [6, 6.07) is -1.24. The van der Waals surface area contributed by atoms with Crippen LogP contribution in [0.3, 0.4) is 0 Å². The molecule has 5 saturated carbocycles. The van der Waals surface area contributed by atoms with Crippen molar-refractivity contribution >= 4 is 98.1 Å². The van der Waals surface area contributed by atoms with Crippen LogP contribution in [0.2, 0.25) is 0 Å². The van der Waals surface area contributed by atoms with E-state index in [0.717, 1.165) is 135 Å². The summed E-state index contributed by atoms with van der Waals surface area (Å²) in [6.45, 7) is 31.4. The number of aliphatic hydroxyl groups is 1. The number of aliphatic hydroxyl groups excluding tert-OH is 1. The molecule has 13 aliphatic rings. The number of anilines is 3. The average Bonchev–Trinajstić information content (AvgIpc) is 1.60. The van der Waals surface area contributed by atoms with Crippen LogP contribution in [0, 0.1) is 59.2 Å². The number of amides is 9. The second-order valence-corrected chi connectivity index (χ2v) is 39.4. The number of nitrogens with one attached hydrogen (secondary N) is 3. The predicted octanol–water partition coefficient (Wildman–Crippen LogP) is 11.5. The molecule has 5 aromatic heterocycles. The van der Waals surface area contributed by atoms with Gasteiger partial charge in [-0.3, -0.25) is 61.8 Å². The highest BCUT2D eigenvalue weighted by Crippen LogP contribution is 2.58. The van der Waals surface area contributed by atoms with Gasteiger partial charge < -0.3 is 21.1 Å². The number of fused-ring (bicyclic) bond motifs is 15. The number of urea groups is 3. The molecular weight excluding hydrogens is 1530 g/mol. The Morgan fingerprint density at radius 1 is 0.383 bits per heavy atom. The number of ketones is 5. The highest BCUT2D eigenvalue weighted by atomic mass is 79.9. The van der Waals surface area contributed by atoms with Crippen molar-refractivity contribution < 1.29 is 57.8 Å². The van der Waals surface area contributed by atoms with Gasteiger partial charge in [-0.2, -0.15) is 25.5 Å². The molecule has 0 bridgehead atoms. The largest absolute Gasteiger partial charge is 0.515 e. The minimum atomic E-state index is -0.964. The maximum atomic E-state index is 12.8. The number of hydrogen-bond donors (Lipinski definition) is 4. The third-order valence-corrected chi connectivity index (χ3v) is 31.4. The van der Waals surface area contributed by atoms with Gasteiger partial charge in [0, 0.05) is 152 Å². The van der Waals surface area contributed by atoms with Crippen molar-refractivity contribution in [3.63, 3.8) is 0 Å². The summed E-state index contributed by atoms with van der Waals surface area (Å²) in [5.74, 6) is 4.22. The number of aromatic nitrogens is 10. The molecule has 28 nitrogen and oxygen atoms in total. The molecule has 3 saturated heterocycles. The first kappa shape index (κ1) is 82.8. The number of hydrogen-bond acceptors (Lipinski definition) is 17. The number of imide groups is 3. The summed E-state index contributed by atoms with van der Waals surface area (Å²) in [6.07, 6.45) is 18.5. The molecular formula is C86H117BrN16O12. The third-order valence-electron chi connectivity index (χ3n) is 30.4. The fraction of sp³-hybridized carbons (Fsp3) is 0.674. The van der Waals surface area contributed by atoms with E-state index >= 15 is 0 Å². The number of carbonyl (C=O) groups excluding carboxylic acids is 11. The Morgan fingerprint density at radius 3 is 0.991 bits per heavy atom. The van der Waals surface area contributed by atoms with Crippen molar-refractivity contribution in [2.45, 2.75) is 276 Å². The maximum Gasteiger partial charge on any atom is 0.330 e. The summed E-state index contributed by atoms with van der Waals surface area (Å²) in [7, 11) is 9.29. The van der Waals surface area contributed by atoms with Crippen LogP contribution in [0.15, 0.2) is 22.6 Å². The van der Waals surface area contributed by atoms with Crippen LogP contribution in [0.25, 0.3) is 0 Å². The summed E-state index contributed by atoms with van der Waals surface area (Å²) in [5, 5.41) is 41.4. The molecule has 115 heavy (non-hydrogen) atoms. The molecule has 0 aromatic carbocycles. The zero-order chi connectivity index (χ0) is 83.9. The maximum absolute atomic E-state index is 12.8. The second-order valence-electron chi connectivity index (χ2n) is 38.6. The lowest BCUT2D eigenvalue weighted by Crippen LogP contribution is -2.48. The SMILES string of the molecule is C[C@@H]1C(=O)/C(=C\O)C[C@]2(C)c3nn(C)c(N4C(=O)NC(C)(C)C4=O)c3CC[C@@H]12.C[C@@H]1C(=O)CC[C@]2(C)c3nn(C)c(Br)c3CC[C@@H]12.C[C@@H]1C(=O)CC[C@]2(C)c3nn(C)c(N4C(=O)NC(C)(C)C4=O)c3CC[C@@H]12.C[C@@H]1C(=O)CC[C@]2(C)c3nn(C)c(N4C(=O)NC(C)(C)C4=O)c3CC[C@@H]12.C[C@@H]1C(=O)CC[C@]2(C)c3nn(C)cc3CC[C@@H]12. The predicted molar refractivity (Wildman–Crippen MR) is 433 cm³/mol. The lowest BCUT2D eigenvalue weighted by molar-refractivity contribution is -0.129. The number of allylic oxidation sites excluding steroid dienone is 1. The lowest BCUT2D eigenvalue weighted by atomic mass is 9.55. The van der Waals surface area contributed by atoms with Crippen LogP contribution in [0.1, 0.15) is 257 Å². The fourth-order valence-corrected chi connectivity index (χ4v) is 24.1. The Balaban J connectivity index is 0.000000120. The lowest BCUT2D eigenvalue weighted by Gasteiger charge is -2.47. The van der Waals surface area contributed by atoms with Crippen molar-refractivity contribution in [3.05, 3.63) is 78.9 Å². The first-order chi connectivity index (χ1) is 53.6. The first-order valence-electron chi connectivity index (χ1n) is 41.6. The second kappa shape index (κ2) is 28.5. The Kier molecular flexibility index (Phi) is 20.5. The third kappa shape index (κ3) is 12.8. The quantitative estimate of drug-likeness (QED) is 0.0740. The van der Waals surface area contributed by atoms with Gasteiger partial charge in [0.2, 0.25) is 0 Å². The molecule has 15 atom stereocenters. The summed E-state index contributed by atoms with van der Waals surface area (Å²) >= 11 is 3.64. The van der Waals surface area contributed by atoms with Gasteiger partial charge in [-0.25, -0.2) is 29.1 Å². The Hall–Kier alpha value is -8.76.